The molecular weight excluding hydrogens is 306 g/mol. The van der Waals surface area contributed by atoms with Crippen LogP contribution in [0.15, 0.2) is 29.1 Å². The Hall–Kier alpha value is -2.08. The smallest absolute Gasteiger partial charge is 0.274 e. The van der Waals surface area contributed by atoms with E-state index in [1.165, 1.54) is 4.68 Å². The van der Waals surface area contributed by atoms with Crippen molar-refractivity contribution in [3.05, 3.63) is 34.6 Å². The first-order valence-corrected chi connectivity index (χ1v) is 8.76. The lowest BCUT2D eigenvalue weighted by Gasteiger charge is -2.26. The summed E-state index contributed by atoms with van der Waals surface area (Å²) in [7, 11) is 0. The normalized spacial score (nSPS) is 24.6. The number of para-hydroxylation sites is 1. The third kappa shape index (κ3) is 2.75. The molecule has 0 aliphatic carbocycles. The Bertz CT molecular complexity index is 801. The number of amides is 1. The van der Waals surface area contributed by atoms with Crippen LogP contribution >= 0.6 is 0 Å². The molecule has 1 atom stereocenters. The molecular formula is C18H23N3O3. The summed E-state index contributed by atoms with van der Waals surface area (Å²) in [6, 6.07) is 7.34. The van der Waals surface area contributed by atoms with Crippen LogP contribution in [0.4, 0.5) is 0 Å². The fourth-order valence-corrected chi connectivity index (χ4v) is 4.02. The molecule has 1 spiro atoms. The van der Waals surface area contributed by atoms with Crippen molar-refractivity contribution in [3.8, 4) is 0 Å². The molecule has 1 aromatic carbocycles. The van der Waals surface area contributed by atoms with Gasteiger partial charge in [0.2, 0.25) is 5.91 Å². The summed E-state index contributed by atoms with van der Waals surface area (Å²) < 4.78 is 7.38. The van der Waals surface area contributed by atoms with Crippen molar-refractivity contribution in [3.63, 3.8) is 0 Å². The van der Waals surface area contributed by atoms with E-state index in [-0.39, 0.29) is 23.6 Å². The van der Waals surface area contributed by atoms with Crippen LogP contribution in [-0.4, -0.2) is 45.9 Å². The lowest BCUT2D eigenvalue weighted by atomic mass is 9.92. The van der Waals surface area contributed by atoms with Gasteiger partial charge in [-0.05, 0) is 44.2 Å². The summed E-state index contributed by atoms with van der Waals surface area (Å²) in [5.41, 5.74) is 0.626. The number of rotatable bonds is 2. The van der Waals surface area contributed by atoms with Crippen molar-refractivity contribution in [2.24, 2.45) is 0 Å². The van der Waals surface area contributed by atoms with Crippen LogP contribution in [0.1, 0.15) is 32.1 Å². The second-order valence-electron chi connectivity index (χ2n) is 6.92. The Morgan fingerprint density at radius 3 is 2.79 bits per heavy atom. The summed E-state index contributed by atoms with van der Waals surface area (Å²) in [5, 5.41) is 3.65. The molecule has 1 N–H and O–H groups in total. The maximum atomic E-state index is 12.7. The van der Waals surface area contributed by atoms with Crippen LogP contribution in [0.3, 0.4) is 0 Å². The van der Waals surface area contributed by atoms with Gasteiger partial charge in [0.1, 0.15) is 6.54 Å². The van der Waals surface area contributed by atoms with Gasteiger partial charge >= 0.3 is 0 Å². The van der Waals surface area contributed by atoms with Gasteiger partial charge in [-0.1, -0.05) is 12.1 Å². The van der Waals surface area contributed by atoms with Crippen LogP contribution < -0.4 is 5.56 Å². The SMILES string of the molecule is O=C(Cn1[nH]c2ccccc2c1=O)N1CCC[C@]2(CCCO2)CC1. The van der Waals surface area contributed by atoms with Gasteiger partial charge in [-0.25, -0.2) is 4.68 Å². The van der Waals surface area contributed by atoms with E-state index in [9.17, 15) is 9.59 Å². The Labute approximate surface area is 140 Å². The van der Waals surface area contributed by atoms with Crippen molar-refractivity contribution in [2.45, 2.75) is 44.2 Å². The third-order valence-electron chi connectivity index (χ3n) is 5.39. The zero-order valence-corrected chi connectivity index (χ0v) is 13.8. The summed E-state index contributed by atoms with van der Waals surface area (Å²) in [5.74, 6) is -0.00120. The topological polar surface area (TPSA) is 67.3 Å². The van der Waals surface area contributed by atoms with Crippen LogP contribution in [0, 0.1) is 0 Å². The molecule has 6 nitrogen and oxygen atoms in total. The fraction of sp³-hybridized carbons (Fsp3) is 0.556. The summed E-state index contributed by atoms with van der Waals surface area (Å²) in [6.45, 7) is 2.38. The van der Waals surface area contributed by atoms with Crippen molar-refractivity contribution in [1.29, 1.82) is 0 Å². The molecule has 0 unspecified atom stereocenters. The maximum Gasteiger partial charge on any atom is 0.274 e. The van der Waals surface area contributed by atoms with Crippen LogP contribution in [0.25, 0.3) is 10.9 Å². The van der Waals surface area contributed by atoms with Crippen molar-refractivity contribution in [1.82, 2.24) is 14.7 Å². The minimum absolute atomic E-state index is 0.00120. The Morgan fingerprint density at radius 1 is 1.17 bits per heavy atom. The highest BCUT2D eigenvalue weighted by atomic mass is 16.5. The maximum absolute atomic E-state index is 12.7. The monoisotopic (exact) mass is 329 g/mol. The molecule has 24 heavy (non-hydrogen) atoms. The molecule has 0 radical (unpaired) electrons. The largest absolute Gasteiger partial charge is 0.375 e. The van der Waals surface area contributed by atoms with E-state index in [0.29, 0.717) is 11.9 Å². The average molecular weight is 329 g/mol. The van der Waals surface area contributed by atoms with Crippen molar-refractivity contribution < 1.29 is 9.53 Å². The molecule has 2 fully saturated rings. The number of likely N-dealkylation sites (tertiary alicyclic amines) is 1. The number of nitrogens with one attached hydrogen (secondary N) is 1. The van der Waals surface area contributed by atoms with Crippen LogP contribution in [0.5, 0.6) is 0 Å². The lowest BCUT2D eigenvalue weighted by molar-refractivity contribution is -0.132. The number of carbonyl (C=O) groups excluding carboxylic acids is 1. The van der Waals surface area contributed by atoms with Gasteiger partial charge in [-0.3, -0.25) is 14.7 Å². The third-order valence-corrected chi connectivity index (χ3v) is 5.39. The summed E-state index contributed by atoms with van der Waals surface area (Å²) in [4.78, 5) is 26.9. The van der Waals surface area contributed by atoms with Gasteiger partial charge in [0.05, 0.1) is 16.5 Å². The van der Waals surface area contributed by atoms with Crippen LogP contribution in [-0.2, 0) is 16.1 Å². The molecule has 0 bridgehead atoms. The Balaban J connectivity index is 1.47. The van der Waals surface area contributed by atoms with E-state index < -0.39 is 0 Å². The average Bonchev–Trinajstić information content (AvgIpc) is 3.09. The van der Waals surface area contributed by atoms with E-state index in [2.05, 4.69) is 5.10 Å². The summed E-state index contributed by atoms with van der Waals surface area (Å²) in [6.07, 6.45) is 5.13. The molecule has 6 heteroatoms. The molecule has 0 saturated carbocycles. The predicted octanol–water partition coefficient (Wildman–Crippen LogP) is 1.89. The molecule has 2 aromatic rings. The van der Waals surface area contributed by atoms with E-state index in [1.54, 1.807) is 6.07 Å². The Kier molecular flexibility index (Phi) is 3.92. The fourth-order valence-electron chi connectivity index (χ4n) is 4.02. The van der Waals surface area contributed by atoms with Gasteiger partial charge in [0.25, 0.3) is 5.56 Å². The molecule has 1 amide bonds. The van der Waals surface area contributed by atoms with Gasteiger partial charge in [-0.15, -0.1) is 0 Å². The first-order chi connectivity index (χ1) is 11.7. The zero-order valence-electron chi connectivity index (χ0n) is 13.8. The molecule has 4 rings (SSSR count). The molecule has 2 saturated heterocycles. The number of H-pyrrole nitrogens is 1. The quantitative estimate of drug-likeness (QED) is 0.915. The number of nitrogens with zero attached hydrogens (tertiary/aromatic N) is 2. The lowest BCUT2D eigenvalue weighted by Crippen LogP contribution is -2.38. The highest BCUT2D eigenvalue weighted by Gasteiger charge is 2.37. The van der Waals surface area contributed by atoms with E-state index >= 15 is 0 Å². The molecule has 128 valence electrons. The molecule has 1 aromatic heterocycles. The zero-order chi connectivity index (χ0) is 16.6. The summed E-state index contributed by atoms with van der Waals surface area (Å²) >= 11 is 0. The van der Waals surface area contributed by atoms with Crippen LogP contribution in [0.2, 0.25) is 0 Å². The van der Waals surface area contributed by atoms with Gasteiger partial charge < -0.3 is 9.64 Å². The first kappa shape index (κ1) is 15.4. The van der Waals surface area contributed by atoms with Crippen molar-refractivity contribution >= 4 is 16.8 Å². The first-order valence-electron chi connectivity index (χ1n) is 8.76. The highest BCUT2D eigenvalue weighted by Crippen LogP contribution is 2.35. The predicted molar refractivity (Wildman–Crippen MR) is 90.9 cm³/mol. The van der Waals surface area contributed by atoms with Gasteiger partial charge in [-0.2, -0.15) is 0 Å². The van der Waals surface area contributed by atoms with E-state index in [0.717, 1.165) is 50.8 Å². The molecule has 2 aliphatic rings. The number of aromatic amines is 1. The van der Waals surface area contributed by atoms with E-state index in [1.807, 2.05) is 23.1 Å². The minimum Gasteiger partial charge on any atom is -0.375 e. The number of hydrogen-bond donors (Lipinski definition) is 1. The second kappa shape index (κ2) is 6.09. The number of fused-ring (bicyclic) bond motifs is 1. The minimum atomic E-state index is -0.135. The van der Waals surface area contributed by atoms with Crippen molar-refractivity contribution in [2.75, 3.05) is 19.7 Å². The number of benzene rings is 1. The van der Waals surface area contributed by atoms with Gasteiger partial charge in [0.15, 0.2) is 0 Å². The molecule has 2 aliphatic heterocycles. The Morgan fingerprint density at radius 2 is 2.00 bits per heavy atom. The standard InChI is InChI=1S/C18H23N3O3/c22-16(13-21-17(23)14-5-1-2-6-15(14)19-21)20-10-3-7-18(9-11-20)8-4-12-24-18/h1-2,5-6,19H,3-4,7-13H2/t18-/m0/s1. The van der Waals surface area contributed by atoms with Gasteiger partial charge in [0, 0.05) is 19.7 Å². The number of aromatic nitrogens is 2. The highest BCUT2D eigenvalue weighted by molar-refractivity contribution is 5.79. The number of hydrogen-bond acceptors (Lipinski definition) is 3. The number of carbonyl (C=O) groups is 1. The number of ether oxygens (including phenoxy) is 1. The molecule has 3 heterocycles. The second-order valence-corrected chi connectivity index (χ2v) is 6.92. The van der Waals surface area contributed by atoms with E-state index in [4.69, 9.17) is 4.74 Å².